The van der Waals surface area contributed by atoms with Crippen molar-refractivity contribution in [2.45, 2.75) is 25.6 Å². The Bertz CT molecular complexity index is 735. The van der Waals surface area contributed by atoms with Crippen LogP contribution in [0.25, 0.3) is 0 Å². The molecular formula is C14H17F3N6O. The second-order valence-electron chi connectivity index (χ2n) is 5.81. The quantitative estimate of drug-likeness (QED) is 0.896. The molecule has 0 radical (unpaired) electrons. The van der Waals surface area contributed by atoms with Crippen molar-refractivity contribution in [3.8, 4) is 0 Å². The standard InChI is InChI=1S/C14H17F3N6O/c1-22-5-4-11(21-22)20-13(24)18-6-9-2-3-12-19-10(14(15,16)17)8-23(12)7-9/h4-5,8-9H,2-3,6-7H2,1H3,(H2,18,20,21,24)/t9-/m0/s1. The summed E-state index contributed by atoms with van der Waals surface area (Å²) in [7, 11) is 1.74. The van der Waals surface area contributed by atoms with Crippen LogP contribution in [0.15, 0.2) is 18.5 Å². The van der Waals surface area contributed by atoms with Crippen molar-refractivity contribution in [2.24, 2.45) is 13.0 Å². The van der Waals surface area contributed by atoms with E-state index < -0.39 is 11.9 Å². The van der Waals surface area contributed by atoms with Crippen LogP contribution in [0.4, 0.5) is 23.8 Å². The Kier molecular flexibility index (Phi) is 4.20. The zero-order chi connectivity index (χ0) is 17.3. The fourth-order valence-electron chi connectivity index (χ4n) is 2.70. The van der Waals surface area contributed by atoms with Crippen molar-refractivity contribution in [2.75, 3.05) is 11.9 Å². The lowest BCUT2D eigenvalue weighted by Crippen LogP contribution is -2.36. The fraction of sp³-hybridized carbons (Fsp3) is 0.500. The molecule has 1 atom stereocenters. The summed E-state index contributed by atoms with van der Waals surface area (Å²) < 4.78 is 41.1. The maximum Gasteiger partial charge on any atom is 0.434 e. The lowest BCUT2D eigenvalue weighted by Gasteiger charge is -2.23. The van der Waals surface area contributed by atoms with Crippen molar-refractivity contribution >= 4 is 11.8 Å². The molecule has 1 aliphatic heterocycles. The van der Waals surface area contributed by atoms with Crippen molar-refractivity contribution in [1.82, 2.24) is 24.6 Å². The molecule has 7 nitrogen and oxygen atoms in total. The van der Waals surface area contributed by atoms with Gasteiger partial charge in [-0.3, -0.25) is 10.00 Å². The third-order valence-electron chi connectivity index (χ3n) is 3.89. The molecule has 0 bridgehead atoms. The number of hydrogen-bond donors (Lipinski definition) is 2. The third-order valence-corrected chi connectivity index (χ3v) is 3.89. The van der Waals surface area contributed by atoms with Gasteiger partial charge in [-0.15, -0.1) is 0 Å². The molecule has 24 heavy (non-hydrogen) atoms. The van der Waals surface area contributed by atoms with Crippen LogP contribution in [0.5, 0.6) is 0 Å². The summed E-state index contributed by atoms with van der Waals surface area (Å²) in [5, 5.41) is 9.35. The predicted molar refractivity (Wildman–Crippen MR) is 79.3 cm³/mol. The van der Waals surface area contributed by atoms with Crippen LogP contribution in [0.1, 0.15) is 17.9 Å². The molecule has 0 fully saturated rings. The molecule has 0 spiro atoms. The summed E-state index contributed by atoms with van der Waals surface area (Å²) in [4.78, 5) is 15.4. The molecule has 0 aliphatic carbocycles. The van der Waals surface area contributed by atoms with Crippen molar-refractivity contribution < 1.29 is 18.0 Å². The Morgan fingerprint density at radius 2 is 2.25 bits per heavy atom. The van der Waals surface area contributed by atoms with Crippen molar-refractivity contribution in [3.05, 3.63) is 30.0 Å². The summed E-state index contributed by atoms with van der Waals surface area (Å²) in [5.41, 5.74) is -0.862. The highest BCUT2D eigenvalue weighted by atomic mass is 19.4. The van der Waals surface area contributed by atoms with Crippen LogP contribution in [0.3, 0.4) is 0 Å². The van der Waals surface area contributed by atoms with Gasteiger partial charge in [-0.1, -0.05) is 0 Å². The number of fused-ring (bicyclic) bond motifs is 1. The fourth-order valence-corrected chi connectivity index (χ4v) is 2.70. The molecule has 2 amide bonds. The van der Waals surface area contributed by atoms with Crippen LogP contribution >= 0.6 is 0 Å². The van der Waals surface area contributed by atoms with Gasteiger partial charge in [-0.25, -0.2) is 9.78 Å². The number of nitrogens with zero attached hydrogens (tertiary/aromatic N) is 4. The minimum atomic E-state index is -4.43. The average Bonchev–Trinajstić information content (AvgIpc) is 3.10. The van der Waals surface area contributed by atoms with Gasteiger partial charge in [0.05, 0.1) is 0 Å². The second kappa shape index (κ2) is 6.17. The highest BCUT2D eigenvalue weighted by Crippen LogP contribution is 2.30. The Balaban J connectivity index is 1.52. The minimum Gasteiger partial charge on any atom is -0.337 e. The van der Waals surface area contributed by atoms with E-state index >= 15 is 0 Å². The van der Waals surface area contributed by atoms with Gasteiger partial charge < -0.3 is 9.88 Å². The molecule has 3 rings (SSSR count). The number of carbonyl (C=O) groups excluding carboxylic acids is 1. The minimum absolute atomic E-state index is 0.0577. The monoisotopic (exact) mass is 342 g/mol. The largest absolute Gasteiger partial charge is 0.434 e. The SMILES string of the molecule is Cn1ccc(NC(=O)NC[C@@H]2CCc3nc(C(F)(F)F)cn3C2)n1. The average molecular weight is 342 g/mol. The van der Waals surface area contributed by atoms with Gasteiger partial charge in [0.25, 0.3) is 0 Å². The van der Waals surface area contributed by atoms with E-state index in [0.717, 1.165) is 6.20 Å². The number of carbonyl (C=O) groups is 1. The highest BCUT2D eigenvalue weighted by Gasteiger charge is 2.35. The number of amides is 2. The summed E-state index contributed by atoms with van der Waals surface area (Å²) in [5.74, 6) is 0.934. The normalized spacial score (nSPS) is 17.4. The summed E-state index contributed by atoms with van der Waals surface area (Å²) in [6.45, 7) is 0.778. The van der Waals surface area contributed by atoms with Gasteiger partial charge in [0.15, 0.2) is 11.5 Å². The number of aromatic nitrogens is 4. The first-order chi connectivity index (χ1) is 11.3. The summed E-state index contributed by atoms with van der Waals surface area (Å²) >= 11 is 0. The Labute approximate surface area is 135 Å². The number of urea groups is 1. The Hall–Kier alpha value is -2.52. The summed E-state index contributed by atoms with van der Waals surface area (Å²) in [6.07, 6.45) is -0.547. The number of nitrogens with one attached hydrogen (secondary N) is 2. The van der Waals surface area contributed by atoms with Crippen LogP contribution in [-0.4, -0.2) is 31.9 Å². The van der Waals surface area contributed by atoms with Gasteiger partial charge in [-0.05, 0) is 12.3 Å². The molecule has 1 aliphatic rings. The summed E-state index contributed by atoms with van der Waals surface area (Å²) in [6, 6.07) is 1.28. The molecule has 2 N–H and O–H groups in total. The molecule has 0 saturated heterocycles. The van der Waals surface area contributed by atoms with E-state index in [4.69, 9.17) is 0 Å². The van der Waals surface area contributed by atoms with Gasteiger partial charge in [0.2, 0.25) is 0 Å². The zero-order valence-corrected chi connectivity index (χ0v) is 13.0. The van der Waals surface area contributed by atoms with E-state index in [-0.39, 0.29) is 11.9 Å². The third kappa shape index (κ3) is 3.69. The number of halogens is 3. The second-order valence-corrected chi connectivity index (χ2v) is 5.81. The highest BCUT2D eigenvalue weighted by molar-refractivity contribution is 5.88. The van der Waals surface area contributed by atoms with Crippen LogP contribution in [-0.2, 0) is 26.2 Å². The smallest absolute Gasteiger partial charge is 0.337 e. The molecule has 10 heteroatoms. The number of anilines is 1. The number of hydrogen-bond acceptors (Lipinski definition) is 3. The molecular weight excluding hydrogens is 325 g/mol. The molecule has 0 saturated carbocycles. The van der Waals surface area contributed by atoms with Gasteiger partial charge in [0, 0.05) is 45.0 Å². The zero-order valence-electron chi connectivity index (χ0n) is 13.0. The maximum absolute atomic E-state index is 12.7. The molecule has 0 unspecified atom stereocenters. The maximum atomic E-state index is 12.7. The van der Waals surface area contributed by atoms with Gasteiger partial charge in [0.1, 0.15) is 5.82 Å². The number of imidazole rings is 1. The van der Waals surface area contributed by atoms with Gasteiger partial charge in [-0.2, -0.15) is 18.3 Å². The predicted octanol–water partition coefficient (Wildman–Crippen LogP) is 2.02. The Morgan fingerprint density at radius 1 is 1.46 bits per heavy atom. The van der Waals surface area contributed by atoms with Crippen molar-refractivity contribution in [1.29, 1.82) is 0 Å². The lowest BCUT2D eigenvalue weighted by molar-refractivity contribution is -0.141. The first kappa shape index (κ1) is 16.3. The molecule has 3 heterocycles. The van der Waals surface area contributed by atoms with E-state index in [1.54, 1.807) is 24.0 Å². The first-order valence-electron chi connectivity index (χ1n) is 7.49. The first-order valence-corrected chi connectivity index (χ1v) is 7.49. The topological polar surface area (TPSA) is 76.8 Å². The van der Waals surface area contributed by atoms with Crippen molar-refractivity contribution in [3.63, 3.8) is 0 Å². The van der Waals surface area contributed by atoms with E-state index in [0.29, 0.717) is 37.6 Å². The van der Waals surface area contributed by atoms with Crippen LogP contribution in [0.2, 0.25) is 0 Å². The Morgan fingerprint density at radius 3 is 2.92 bits per heavy atom. The molecule has 130 valence electrons. The van der Waals surface area contributed by atoms with Crippen LogP contribution < -0.4 is 10.6 Å². The van der Waals surface area contributed by atoms with Crippen LogP contribution in [0, 0.1) is 5.92 Å². The van der Waals surface area contributed by atoms with E-state index in [1.165, 1.54) is 4.57 Å². The number of alkyl halides is 3. The molecule has 2 aromatic rings. The lowest BCUT2D eigenvalue weighted by atomic mass is 9.99. The van der Waals surface area contributed by atoms with E-state index in [2.05, 4.69) is 20.7 Å². The number of rotatable bonds is 3. The molecule has 2 aromatic heterocycles. The van der Waals surface area contributed by atoms with Gasteiger partial charge >= 0.3 is 12.2 Å². The van der Waals surface area contributed by atoms with E-state index in [9.17, 15) is 18.0 Å². The van der Waals surface area contributed by atoms with E-state index in [1.807, 2.05) is 0 Å². The molecule has 0 aromatic carbocycles. The number of aryl methyl sites for hydroxylation is 2.